The first kappa shape index (κ1) is 13.4. The average Bonchev–Trinajstić information content (AvgIpc) is 2.64. The monoisotopic (exact) mass is 249 g/mol. The van der Waals surface area contributed by atoms with Crippen LogP contribution in [0.3, 0.4) is 0 Å². The molecule has 2 fully saturated rings. The van der Waals surface area contributed by atoms with Crippen LogP contribution in [0.15, 0.2) is 0 Å². The topological polar surface area (TPSA) is 56.1 Å². The van der Waals surface area contributed by atoms with Gasteiger partial charge < -0.3 is 5.32 Å². The van der Waals surface area contributed by atoms with Crippen LogP contribution in [-0.2, 0) is 4.79 Å². The lowest BCUT2D eigenvalue weighted by atomic mass is 10.1. The fourth-order valence-corrected chi connectivity index (χ4v) is 3.04. The normalized spacial score (nSPS) is 26.5. The Balaban J connectivity index is 1.75. The van der Waals surface area contributed by atoms with Gasteiger partial charge in [-0.2, -0.15) is 5.26 Å². The molecule has 2 aliphatic rings. The van der Waals surface area contributed by atoms with Crippen LogP contribution in [-0.4, -0.2) is 36.0 Å². The highest BCUT2D eigenvalue weighted by Crippen LogP contribution is 2.18. The van der Waals surface area contributed by atoms with Gasteiger partial charge in [0.05, 0.1) is 18.7 Å². The molecule has 1 heterocycles. The van der Waals surface area contributed by atoms with Crippen molar-refractivity contribution in [2.24, 2.45) is 0 Å². The summed E-state index contributed by atoms with van der Waals surface area (Å²) in [5, 5.41) is 12.1. The molecule has 0 spiro atoms. The van der Waals surface area contributed by atoms with Crippen molar-refractivity contribution in [3.8, 4) is 6.07 Å². The van der Waals surface area contributed by atoms with Crippen molar-refractivity contribution in [2.45, 2.75) is 63.5 Å². The van der Waals surface area contributed by atoms with E-state index in [1.807, 2.05) is 4.90 Å². The maximum absolute atomic E-state index is 12.0. The van der Waals surface area contributed by atoms with Crippen LogP contribution < -0.4 is 5.32 Å². The number of likely N-dealkylation sites (tertiary alicyclic amines) is 1. The second-order valence-electron chi connectivity index (χ2n) is 5.51. The Morgan fingerprint density at radius 2 is 1.89 bits per heavy atom. The first-order chi connectivity index (χ1) is 8.79. The first-order valence-corrected chi connectivity index (χ1v) is 7.22. The van der Waals surface area contributed by atoms with Gasteiger partial charge in [-0.25, -0.2) is 0 Å². The number of nitrogens with one attached hydrogen (secondary N) is 1. The van der Waals surface area contributed by atoms with Crippen LogP contribution in [0.4, 0.5) is 0 Å². The minimum Gasteiger partial charge on any atom is -0.352 e. The number of carbonyl (C=O) groups is 1. The predicted molar refractivity (Wildman–Crippen MR) is 69.8 cm³/mol. The molecule has 0 aromatic carbocycles. The lowest BCUT2D eigenvalue weighted by Gasteiger charge is -2.21. The number of nitriles is 1. The van der Waals surface area contributed by atoms with E-state index in [0.29, 0.717) is 12.6 Å². The minimum absolute atomic E-state index is 0.0510. The summed E-state index contributed by atoms with van der Waals surface area (Å²) < 4.78 is 0. The third-order valence-electron chi connectivity index (χ3n) is 4.08. The van der Waals surface area contributed by atoms with Gasteiger partial charge in [0.2, 0.25) is 5.91 Å². The average molecular weight is 249 g/mol. The van der Waals surface area contributed by atoms with E-state index in [1.54, 1.807) is 0 Å². The van der Waals surface area contributed by atoms with Crippen molar-refractivity contribution in [1.29, 1.82) is 5.26 Å². The Hall–Kier alpha value is -1.08. The van der Waals surface area contributed by atoms with E-state index >= 15 is 0 Å². The van der Waals surface area contributed by atoms with E-state index in [4.69, 9.17) is 5.26 Å². The molecular weight excluding hydrogens is 226 g/mol. The zero-order chi connectivity index (χ0) is 12.8. The smallest absolute Gasteiger partial charge is 0.234 e. The number of nitrogens with zero attached hydrogens (tertiary/aromatic N) is 2. The summed E-state index contributed by atoms with van der Waals surface area (Å²) in [5.41, 5.74) is 0. The molecule has 1 saturated carbocycles. The van der Waals surface area contributed by atoms with Crippen molar-refractivity contribution in [1.82, 2.24) is 10.2 Å². The third-order valence-corrected chi connectivity index (χ3v) is 4.08. The minimum atomic E-state index is -0.0510. The van der Waals surface area contributed by atoms with Gasteiger partial charge in [0, 0.05) is 12.6 Å². The maximum Gasteiger partial charge on any atom is 0.234 e. The molecule has 4 heteroatoms. The highest BCUT2D eigenvalue weighted by Gasteiger charge is 2.26. The largest absolute Gasteiger partial charge is 0.352 e. The molecule has 1 amide bonds. The van der Waals surface area contributed by atoms with Gasteiger partial charge in [0.1, 0.15) is 0 Å². The summed E-state index contributed by atoms with van der Waals surface area (Å²) in [6, 6.07) is 2.59. The van der Waals surface area contributed by atoms with Gasteiger partial charge in [-0.15, -0.1) is 0 Å². The van der Waals surface area contributed by atoms with Gasteiger partial charge in [0.25, 0.3) is 0 Å². The number of carbonyl (C=O) groups excluding carboxylic acids is 1. The van der Waals surface area contributed by atoms with E-state index in [9.17, 15) is 4.79 Å². The van der Waals surface area contributed by atoms with Crippen molar-refractivity contribution >= 4 is 5.91 Å². The van der Waals surface area contributed by atoms with Crippen LogP contribution >= 0.6 is 0 Å². The Kier molecular flexibility index (Phi) is 5.00. The van der Waals surface area contributed by atoms with Gasteiger partial charge >= 0.3 is 0 Å². The highest BCUT2D eigenvalue weighted by atomic mass is 16.2. The number of amides is 1. The third kappa shape index (κ3) is 3.71. The van der Waals surface area contributed by atoms with Gasteiger partial charge in [-0.3, -0.25) is 9.69 Å². The molecule has 2 rings (SSSR count). The van der Waals surface area contributed by atoms with Crippen molar-refractivity contribution < 1.29 is 4.79 Å². The van der Waals surface area contributed by atoms with Crippen LogP contribution in [0.2, 0.25) is 0 Å². The van der Waals surface area contributed by atoms with Crippen LogP contribution in [0.25, 0.3) is 0 Å². The molecule has 0 aromatic heterocycles. The van der Waals surface area contributed by atoms with Gasteiger partial charge in [-0.1, -0.05) is 25.7 Å². The lowest BCUT2D eigenvalue weighted by molar-refractivity contribution is -0.123. The van der Waals surface area contributed by atoms with Gasteiger partial charge in [-0.05, 0) is 25.7 Å². The molecule has 100 valence electrons. The predicted octanol–water partition coefficient (Wildman–Crippen LogP) is 1.81. The molecule has 1 aliphatic carbocycles. The molecule has 1 N–H and O–H groups in total. The van der Waals surface area contributed by atoms with E-state index in [0.717, 1.165) is 32.2 Å². The Labute approximate surface area is 109 Å². The quantitative estimate of drug-likeness (QED) is 0.776. The van der Waals surface area contributed by atoms with Crippen LogP contribution in [0.5, 0.6) is 0 Å². The second kappa shape index (κ2) is 6.75. The van der Waals surface area contributed by atoms with E-state index in [2.05, 4.69) is 11.4 Å². The van der Waals surface area contributed by atoms with Crippen molar-refractivity contribution in [2.75, 3.05) is 13.1 Å². The lowest BCUT2D eigenvalue weighted by Crippen LogP contribution is -2.43. The molecule has 1 saturated heterocycles. The summed E-state index contributed by atoms with van der Waals surface area (Å²) in [4.78, 5) is 14.0. The summed E-state index contributed by atoms with van der Waals surface area (Å²) in [6.07, 6.45) is 9.25. The Morgan fingerprint density at radius 3 is 2.56 bits per heavy atom. The zero-order valence-electron chi connectivity index (χ0n) is 11.0. The zero-order valence-corrected chi connectivity index (χ0v) is 11.0. The number of hydrogen-bond donors (Lipinski definition) is 1. The first-order valence-electron chi connectivity index (χ1n) is 7.22. The van der Waals surface area contributed by atoms with Crippen molar-refractivity contribution in [3.05, 3.63) is 0 Å². The molecular formula is C14H23N3O. The summed E-state index contributed by atoms with van der Waals surface area (Å²) >= 11 is 0. The Morgan fingerprint density at radius 1 is 1.17 bits per heavy atom. The molecule has 0 bridgehead atoms. The summed E-state index contributed by atoms with van der Waals surface area (Å²) in [5.74, 6) is 0.101. The summed E-state index contributed by atoms with van der Waals surface area (Å²) in [6.45, 7) is 1.28. The SMILES string of the molecule is N#CC1CCCN1CC(=O)NC1CCCCCC1. The van der Waals surface area contributed by atoms with Gasteiger partial charge in [0.15, 0.2) is 0 Å². The number of hydrogen-bond acceptors (Lipinski definition) is 3. The van der Waals surface area contributed by atoms with Crippen LogP contribution in [0.1, 0.15) is 51.4 Å². The fraction of sp³-hybridized carbons (Fsp3) is 0.857. The van der Waals surface area contributed by atoms with Crippen molar-refractivity contribution in [3.63, 3.8) is 0 Å². The molecule has 0 aromatic rings. The van der Waals surface area contributed by atoms with E-state index in [-0.39, 0.29) is 11.9 Å². The van der Waals surface area contributed by atoms with E-state index < -0.39 is 0 Å². The highest BCUT2D eigenvalue weighted by molar-refractivity contribution is 5.78. The van der Waals surface area contributed by atoms with E-state index in [1.165, 1.54) is 25.7 Å². The number of rotatable bonds is 3. The second-order valence-corrected chi connectivity index (χ2v) is 5.51. The molecule has 1 aliphatic heterocycles. The fourth-order valence-electron chi connectivity index (χ4n) is 3.04. The van der Waals surface area contributed by atoms with Crippen LogP contribution in [0, 0.1) is 11.3 Å². The maximum atomic E-state index is 12.0. The molecule has 1 unspecified atom stereocenters. The standard InChI is InChI=1S/C14H23N3O/c15-10-13-8-5-9-17(13)11-14(18)16-12-6-3-1-2-4-7-12/h12-13H,1-9,11H2,(H,16,18). The summed E-state index contributed by atoms with van der Waals surface area (Å²) in [7, 11) is 0. The molecule has 4 nitrogen and oxygen atoms in total. The molecule has 0 radical (unpaired) electrons. The molecule has 18 heavy (non-hydrogen) atoms. The molecule has 1 atom stereocenters. The Bertz CT molecular complexity index is 315.